The third kappa shape index (κ3) is 3.21. The predicted octanol–water partition coefficient (Wildman–Crippen LogP) is 2.10. The quantitative estimate of drug-likeness (QED) is 0.852. The molecule has 2 N–H and O–H groups in total. The molecule has 0 amide bonds. The Balaban J connectivity index is 2.17. The second kappa shape index (κ2) is 6.28. The van der Waals surface area contributed by atoms with Crippen molar-refractivity contribution in [3.05, 3.63) is 11.4 Å². The molecular weight excluding hydrogens is 240 g/mol. The van der Waals surface area contributed by atoms with Crippen LogP contribution in [0.4, 0.5) is 5.95 Å². The van der Waals surface area contributed by atoms with Gasteiger partial charge in [0.2, 0.25) is 5.95 Å². The van der Waals surface area contributed by atoms with E-state index in [-0.39, 0.29) is 12.1 Å². The maximum absolute atomic E-state index is 9.69. The molecule has 0 saturated heterocycles. The summed E-state index contributed by atoms with van der Waals surface area (Å²) >= 11 is 0. The van der Waals surface area contributed by atoms with Gasteiger partial charge in [-0.3, -0.25) is 0 Å². The third-order valence-electron chi connectivity index (χ3n) is 4.00. The van der Waals surface area contributed by atoms with Crippen LogP contribution in [0.1, 0.15) is 57.3 Å². The van der Waals surface area contributed by atoms with E-state index in [1.54, 1.807) is 0 Å². The molecule has 2 rings (SSSR count). The molecule has 1 fully saturated rings. The first-order valence-electron chi connectivity index (χ1n) is 7.34. The van der Waals surface area contributed by atoms with Crippen LogP contribution in [0.2, 0.25) is 0 Å². The zero-order valence-electron chi connectivity index (χ0n) is 11.9. The minimum absolute atomic E-state index is 0.132. The van der Waals surface area contributed by atoms with Gasteiger partial charge in [-0.15, -0.1) is 5.10 Å². The number of aromatic nitrogens is 3. The first-order valence-corrected chi connectivity index (χ1v) is 7.34. The maximum Gasteiger partial charge on any atom is 0.243 e. The molecule has 1 heterocycles. The van der Waals surface area contributed by atoms with Gasteiger partial charge in [0.05, 0.1) is 23.5 Å². The third-order valence-corrected chi connectivity index (χ3v) is 4.00. The smallest absolute Gasteiger partial charge is 0.243 e. The van der Waals surface area contributed by atoms with Gasteiger partial charge in [0.15, 0.2) is 0 Å². The van der Waals surface area contributed by atoms with Crippen molar-refractivity contribution in [2.24, 2.45) is 0 Å². The summed E-state index contributed by atoms with van der Waals surface area (Å²) < 4.78 is 0. The monoisotopic (exact) mass is 264 g/mol. The van der Waals surface area contributed by atoms with Crippen molar-refractivity contribution in [1.82, 2.24) is 15.2 Å². The molecule has 0 radical (unpaired) electrons. The van der Waals surface area contributed by atoms with E-state index in [0.29, 0.717) is 5.95 Å². The SMILES string of the molecule is CCc1nnc(NC2(CO)CCCCC2)nc1CC. The van der Waals surface area contributed by atoms with E-state index in [1.807, 2.05) is 0 Å². The Morgan fingerprint density at radius 2 is 1.74 bits per heavy atom. The Morgan fingerprint density at radius 3 is 2.32 bits per heavy atom. The summed E-state index contributed by atoms with van der Waals surface area (Å²) in [6.07, 6.45) is 7.21. The maximum atomic E-state index is 9.69. The lowest BCUT2D eigenvalue weighted by molar-refractivity contribution is 0.172. The van der Waals surface area contributed by atoms with Crippen LogP contribution < -0.4 is 5.32 Å². The van der Waals surface area contributed by atoms with Crippen LogP contribution in [-0.2, 0) is 12.8 Å². The Labute approximate surface area is 114 Å². The Morgan fingerprint density at radius 1 is 1.05 bits per heavy atom. The Kier molecular flexibility index (Phi) is 4.69. The van der Waals surface area contributed by atoms with Gasteiger partial charge in [-0.2, -0.15) is 5.10 Å². The fourth-order valence-electron chi connectivity index (χ4n) is 2.78. The average Bonchev–Trinajstić information content (AvgIpc) is 2.48. The van der Waals surface area contributed by atoms with Gasteiger partial charge in [-0.25, -0.2) is 4.98 Å². The number of rotatable bonds is 5. The molecule has 1 aliphatic carbocycles. The van der Waals surface area contributed by atoms with Crippen LogP contribution in [0.3, 0.4) is 0 Å². The van der Waals surface area contributed by atoms with Gasteiger partial charge < -0.3 is 10.4 Å². The zero-order valence-corrected chi connectivity index (χ0v) is 11.9. The van der Waals surface area contributed by atoms with Gasteiger partial charge in [0.1, 0.15) is 0 Å². The minimum atomic E-state index is -0.251. The van der Waals surface area contributed by atoms with E-state index in [1.165, 1.54) is 6.42 Å². The van der Waals surface area contributed by atoms with Gasteiger partial charge in [0.25, 0.3) is 0 Å². The highest BCUT2D eigenvalue weighted by atomic mass is 16.3. The van der Waals surface area contributed by atoms with E-state index >= 15 is 0 Å². The standard InChI is InChI=1S/C14H24N4O/c1-3-11-12(4-2)17-18-13(15-11)16-14(10-19)8-6-5-7-9-14/h19H,3-10H2,1-2H3,(H,15,16,18). The van der Waals surface area contributed by atoms with Gasteiger partial charge in [-0.05, 0) is 25.7 Å². The van der Waals surface area contributed by atoms with E-state index < -0.39 is 0 Å². The normalized spacial score (nSPS) is 18.3. The van der Waals surface area contributed by atoms with Crippen molar-refractivity contribution in [1.29, 1.82) is 0 Å². The zero-order chi connectivity index (χ0) is 13.7. The number of aryl methyl sites for hydroxylation is 2. The second-order valence-corrected chi connectivity index (χ2v) is 5.36. The highest BCUT2D eigenvalue weighted by Crippen LogP contribution is 2.30. The topological polar surface area (TPSA) is 70.9 Å². The van der Waals surface area contributed by atoms with Crippen molar-refractivity contribution in [3.8, 4) is 0 Å². The molecule has 0 aromatic carbocycles. The van der Waals surface area contributed by atoms with Crippen LogP contribution >= 0.6 is 0 Å². The predicted molar refractivity (Wildman–Crippen MR) is 75.1 cm³/mol. The number of aliphatic hydroxyl groups is 1. The summed E-state index contributed by atoms with van der Waals surface area (Å²) in [7, 11) is 0. The number of nitrogens with one attached hydrogen (secondary N) is 1. The van der Waals surface area contributed by atoms with Crippen LogP contribution in [-0.4, -0.2) is 32.4 Å². The van der Waals surface area contributed by atoms with Crippen LogP contribution in [0.25, 0.3) is 0 Å². The Bertz CT molecular complexity index is 416. The van der Waals surface area contributed by atoms with Crippen molar-refractivity contribution in [2.75, 3.05) is 11.9 Å². The average molecular weight is 264 g/mol. The molecule has 5 nitrogen and oxygen atoms in total. The number of hydrogen-bond donors (Lipinski definition) is 2. The van der Waals surface area contributed by atoms with Crippen molar-refractivity contribution >= 4 is 5.95 Å². The van der Waals surface area contributed by atoms with Crippen LogP contribution in [0, 0.1) is 0 Å². The first-order chi connectivity index (χ1) is 9.23. The molecule has 1 aromatic rings. The lowest BCUT2D eigenvalue weighted by Gasteiger charge is -2.36. The summed E-state index contributed by atoms with van der Waals surface area (Å²) in [5, 5.41) is 21.4. The molecule has 0 unspecified atom stereocenters. The molecule has 1 saturated carbocycles. The fourth-order valence-corrected chi connectivity index (χ4v) is 2.78. The van der Waals surface area contributed by atoms with Gasteiger partial charge in [-0.1, -0.05) is 33.1 Å². The first kappa shape index (κ1) is 14.2. The molecule has 0 atom stereocenters. The summed E-state index contributed by atoms with van der Waals surface area (Å²) in [4.78, 5) is 4.55. The molecule has 0 aliphatic heterocycles. The number of hydrogen-bond acceptors (Lipinski definition) is 5. The summed E-state index contributed by atoms with van der Waals surface area (Å²) in [5.74, 6) is 0.560. The summed E-state index contributed by atoms with van der Waals surface area (Å²) in [6, 6.07) is 0. The molecule has 106 valence electrons. The van der Waals surface area contributed by atoms with E-state index in [0.717, 1.165) is 49.9 Å². The minimum Gasteiger partial charge on any atom is -0.394 e. The van der Waals surface area contributed by atoms with Crippen LogP contribution in [0.15, 0.2) is 0 Å². The highest BCUT2D eigenvalue weighted by Gasteiger charge is 2.32. The van der Waals surface area contributed by atoms with Crippen molar-refractivity contribution in [2.45, 2.75) is 64.3 Å². The lowest BCUT2D eigenvalue weighted by Crippen LogP contribution is -2.44. The molecule has 19 heavy (non-hydrogen) atoms. The van der Waals surface area contributed by atoms with Crippen molar-refractivity contribution in [3.63, 3.8) is 0 Å². The molecule has 5 heteroatoms. The van der Waals surface area contributed by atoms with Gasteiger partial charge in [0, 0.05) is 0 Å². The molecular formula is C14H24N4O. The summed E-state index contributed by atoms with van der Waals surface area (Å²) in [5.41, 5.74) is 1.72. The Hall–Kier alpha value is -1.23. The highest BCUT2D eigenvalue weighted by molar-refractivity contribution is 5.30. The number of aliphatic hydroxyl groups excluding tert-OH is 1. The number of anilines is 1. The van der Waals surface area contributed by atoms with Crippen molar-refractivity contribution < 1.29 is 5.11 Å². The van der Waals surface area contributed by atoms with Crippen LogP contribution in [0.5, 0.6) is 0 Å². The van der Waals surface area contributed by atoms with Gasteiger partial charge >= 0.3 is 0 Å². The van der Waals surface area contributed by atoms with E-state index in [4.69, 9.17) is 0 Å². The lowest BCUT2D eigenvalue weighted by atomic mass is 9.82. The molecule has 1 aromatic heterocycles. The summed E-state index contributed by atoms with van der Waals surface area (Å²) in [6.45, 7) is 4.27. The molecule has 0 spiro atoms. The van der Waals surface area contributed by atoms with E-state index in [9.17, 15) is 5.11 Å². The van der Waals surface area contributed by atoms with E-state index in [2.05, 4.69) is 34.3 Å². The molecule has 0 bridgehead atoms. The second-order valence-electron chi connectivity index (χ2n) is 5.36. The molecule has 1 aliphatic rings. The number of nitrogens with zero attached hydrogens (tertiary/aromatic N) is 3. The fraction of sp³-hybridized carbons (Fsp3) is 0.786. The largest absolute Gasteiger partial charge is 0.394 e.